The smallest absolute Gasteiger partial charge is 0.296 e. The molecule has 2 heterocycles. The lowest BCUT2D eigenvalue weighted by Gasteiger charge is -2.12. The van der Waals surface area contributed by atoms with E-state index in [0.717, 1.165) is 12.1 Å². The van der Waals surface area contributed by atoms with Gasteiger partial charge in [-0.05, 0) is 6.42 Å². The molecule has 1 amide bonds. The van der Waals surface area contributed by atoms with Crippen LogP contribution >= 0.6 is 0 Å². The Balaban J connectivity index is 2.10. The van der Waals surface area contributed by atoms with Crippen LogP contribution in [-0.4, -0.2) is 31.3 Å². The number of nitrogens with one attached hydrogen (secondary N) is 3. The maximum Gasteiger partial charge on any atom is 0.296 e. The van der Waals surface area contributed by atoms with Gasteiger partial charge in [0.1, 0.15) is 5.82 Å². The summed E-state index contributed by atoms with van der Waals surface area (Å²) in [6, 6.07) is 1.79. The third kappa shape index (κ3) is 2.98. The molecule has 0 aliphatic rings. The van der Waals surface area contributed by atoms with Crippen LogP contribution in [-0.2, 0) is 11.8 Å². The molecular weight excluding hydrogens is 244 g/mol. The molecule has 0 radical (unpaired) electrons. The Hall–Kier alpha value is -2.18. The number of anilines is 1. The average Bonchev–Trinajstić information content (AvgIpc) is 2.96. The molecule has 0 saturated carbocycles. The van der Waals surface area contributed by atoms with E-state index in [-0.39, 0.29) is 17.1 Å². The van der Waals surface area contributed by atoms with Gasteiger partial charge in [-0.2, -0.15) is 5.10 Å². The quantitative estimate of drug-likeness (QED) is 0.782. The Bertz CT molecular complexity index is 577. The van der Waals surface area contributed by atoms with E-state index in [0.29, 0.717) is 11.6 Å². The van der Waals surface area contributed by atoms with E-state index in [1.165, 1.54) is 0 Å². The lowest BCUT2D eigenvalue weighted by Crippen LogP contribution is -2.16. The fraction of sp³-hybridized carbons (Fsp3) is 0.500. The lowest BCUT2D eigenvalue weighted by molar-refractivity contribution is 0.101. The summed E-state index contributed by atoms with van der Waals surface area (Å²) in [6.07, 6.45) is 0.831. The summed E-state index contributed by atoms with van der Waals surface area (Å²) in [7, 11) is 0. The van der Waals surface area contributed by atoms with E-state index < -0.39 is 0 Å². The van der Waals surface area contributed by atoms with Crippen molar-refractivity contribution < 1.29 is 4.79 Å². The molecule has 2 aromatic rings. The van der Waals surface area contributed by atoms with Gasteiger partial charge in [-0.1, -0.05) is 27.7 Å². The highest BCUT2D eigenvalue weighted by atomic mass is 16.2. The molecule has 2 aromatic heterocycles. The zero-order valence-electron chi connectivity index (χ0n) is 11.5. The summed E-state index contributed by atoms with van der Waals surface area (Å²) in [4.78, 5) is 16.1. The fourth-order valence-electron chi connectivity index (χ4n) is 1.48. The number of hydrogen-bond acceptors (Lipinski definition) is 4. The fourth-order valence-corrected chi connectivity index (χ4v) is 1.48. The number of rotatable bonds is 3. The number of H-pyrrole nitrogens is 2. The molecule has 0 spiro atoms. The third-order valence-corrected chi connectivity index (χ3v) is 2.65. The van der Waals surface area contributed by atoms with Crippen LogP contribution in [0.3, 0.4) is 0 Å². The number of aromatic nitrogens is 5. The monoisotopic (exact) mass is 262 g/mol. The molecule has 7 nitrogen and oxygen atoms in total. The van der Waals surface area contributed by atoms with Crippen LogP contribution in [0.4, 0.5) is 5.82 Å². The van der Waals surface area contributed by atoms with Crippen molar-refractivity contribution in [2.45, 2.75) is 39.5 Å². The van der Waals surface area contributed by atoms with Gasteiger partial charge in [-0.3, -0.25) is 15.0 Å². The van der Waals surface area contributed by atoms with E-state index in [4.69, 9.17) is 0 Å². The van der Waals surface area contributed by atoms with Crippen molar-refractivity contribution in [2.24, 2.45) is 0 Å². The van der Waals surface area contributed by atoms with E-state index in [1.807, 2.05) is 27.7 Å². The molecule has 0 atom stereocenters. The molecular formula is C12H18N6O. The first kappa shape index (κ1) is 13.3. The van der Waals surface area contributed by atoms with Gasteiger partial charge in [0.2, 0.25) is 5.82 Å². The Morgan fingerprint density at radius 2 is 2.05 bits per heavy atom. The van der Waals surface area contributed by atoms with Gasteiger partial charge in [0.05, 0.1) is 0 Å². The van der Waals surface area contributed by atoms with E-state index in [1.54, 1.807) is 6.07 Å². The lowest BCUT2D eigenvalue weighted by atomic mass is 9.96. The van der Waals surface area contributed by atoms with Crippen molar-refractivity contribution in [3.05, 3.63) is 23.4 Å². The van der Waals surface area contributed by atoms with Crippen LogP contribution in [0.2, 0.25) is 0 Å². The molecule has 0 aliphatic heterocycles. The highest BCUT2D eigenvalue weighted by molar-refractivity contribution is 6.00. The average molecular weight is 262 g/mol. The summed E-state index contributed by atoms with van der Waals surface area (Å²) in [5.41, 5.74) is 0.786. The highest BCUT2D eigenvalue weighted by Crippen LogP contribution is 2.17. The molecule has 0 unspecified atom stereocenters. The first-order valence-corrected chi connectivity index (χ1v) is 6.18. The highest BCUT2D eigenvalue weighted by Gasteiger charge is 2.21. The van der Waals surface area contributed by atoms with Crippen LogP contribution in [0.15, 0.2) is 6.07 Å². The maximum absolute atomic E-state index is 11.9. The van der Waals surface area contributed by atoms with Crippen LogP contribution in [0.5, 0.6) is 0 Å². The van der Waals surface area contributed by atoms with Gasteiger partial charge in [0, 0.05) is 17.2 Å². The van der Waals surface area contributed by atoms with Crippen molar-refractivity contribution in [3.8, 4) is 0 Å². The zero-order valence-corrected chi connectivity index (χ0v) is 11.5. The summed E-state index contributed by atoms with van der Waals surface area (Å²) in [5.74, 6) is 0.893. The van der Waals surface area contributed by atoms with Crippen molar-refractivity contribution in [3.63, 3.8) is 0 Å². The maximum atomic E-state index is 11.9. The van der Waals surface area contributed by atoms with Gasteiger partial charge < -0.3 is 5.32 Å². The second kappa shape index (κ2) is 4.83. The number of aryl methyl sites for hydroxylation is 1. The van der Waals surface area contributed by atoms with E-state index in [9.17, 15) is 4.79 Å². The van der Waals surface area contributed by atoms with Crippen LogP contribution in [0.25, 0.3) is 0 Å². The summed E-state index contributed by atoms with van der Waals surface area (Å²) < 4.78 is 0. The van der Waals surface area contributed by atoms with Crippen molar-refractivity contribution in [2.75, 3.05) is 5.32 Å². The normalized spacial score (nSPS) is 11.6. The molecule has 7 heteroatoms. The molecule has 0 aromatic carbocycles. The van der Waals surface area contributed by atoms with Crippen molar-refractivity contribution >= 4 is 11.7 Å². The standard InChI is InChI=1S/C12H18N6O/c1-5-7-6-8(16-15-7)13-10(19)9-14-11(18-17-9)12(2,3)4/h6H,5H2,1-4H3,(H,14,17,18)(H2,13,15,16,19). The van der Waals surface area contributed by atoms with Crippen LogP contribution in [0.1, 0.15) is 49.8 Å². The molecule has 0 saturated heterocycles. The molecule has 0 aliphatic carbocycles. The Kier molecular flexibility index (Phi) is 3.37. The molecule has 102 valence electrons. The molecule has 0 fully saturated rings. The van der Waals surface area contributed by atoms with Gasteiger partial charge in [-0.25, -0.2) is 4.98 Å². The topological polar surface area (TPSA) is 99.3 Å². The summed E-state index contributed by atoms with van der Waals surface area (Å²) in [5, 5.41) is 16.2. The zero-order chi connectivity index (χ0) is 14.0. The predicted octanol–water partition coefficient (Wildman–Crippen LogP) is 1.64. The van der Waals surface area contributed by atoms with Crippen LogP contribution < -0.4 is 5.32 Å². The van der Waals surface area contributed by atoms with Gasteiger partial charge >= 0.3 is 0 Å². The number of carbonyl (C=O) groups excluding carboxylic acids is 1. The second-order valence-electron chi connectivity index (χ2n) is 5.34. The van der Waals surface area contributed by atoms with Gasteiger partial charge in [0.25, 0.3) is 5.91 Å². The predicted molar refractivity (Wildman–Crippen MR) is 71.0 cm³/mol. The Labute approximate surface area is 111 Å². The Morgan fingerprint density at radius 1 is 1.32 bits per heavy atom. The molecule has 0 bridgehead atoms. The van der Waals surface area contributed by atoms with Crippen molar-refractivity contribution in [1.29, 1.82) is 0 Å². The molecule has 19 heavy (non-hydrogen) atoms. The minimum absolute atomic E-state index is 0.117. The number of hydrogen-bond donors (Lipinski definition) is 3. The minimum atomic E-state index is -0.374. The number of nitrogens with zero attached hydrogens (tertiary/aromatic N) is 3. The Morgan fingerprint density at radius 3 is 2.58 bits per heavy atom. The SMILES string of the molecule is CCc1cc(NC(=O)c2n[nH]c(C(C)(C)C)n2)n[nH]1. The third-order valence-electron chi connectivity index (χ3n) is 2.65. The first-order chi connectivity index (χ1) is 8.90. The van der Waals surface area contributed by atoms with Crippen LogP contribution in [0, 0.1) is 0 Å². The first-order valence-electron chi connectivity index (χ1n) is 6.18. The van der Waals surface area contributed by atoms with Crippen molar-refractivity contribution in [1.82, 2.24) is 25.4 Å². The summed E-state index contributed by atoms with van der Waals surface area (Å²) in [6.45, 7) is 7.99. The van der Waals surface area contributed by atoms with E-state index >= 15 is 0 Å². The number of aromatic amines is 2. The van der Waals surface area contributed by atoms with E-state index in [2.05, 4.69) is 30.7 Å². The second-order valence-corrected chi connectivity index (χ2v) is 5.34. The largest absolute Gasteiger partial charge is 0.302 e. The number of carbonyl (C=O) groups is 1. The number of amides is 1. The molecule has 3 N–H and O–H groups in total. The van der Waals surface area contributed by atoms with Gasteiger partial charge in [0.15, 0.2) is 5.82 Å². The van der Waals surface area contributed by atoms with Gasteiger partial charge in [-0.15, -0.1) is 5.10 Å². The molecule has 2 rings (SSSR count). The summed E-state index contributed by atoms with van der Waals surface area (Å²) >= 11 is 0. The minimum Gasteiger partial charge on any atom is -0.302 e.